The van der Waals surface area contributed by atoms with Crippen molar-refractivity contribution in [3.63, 3.8) is 0 Å². The topological polar surface area (TPSA) is 0 Å². The molecule has 0 saturated heterocycles. The smallest absolute Gasteiger partial charge is 0.0414 e. The van der Waals surface area contributed by atoms with Gasteiger partial charge >= 0.3 is 0 Å². The number of hydrogen-bond acceptors (Lipinski definition) is 0. The molecule has 72 valence electrons. The first-order valence-electron chi connectivity index (χ1n) is 3.97. The van der Waals surface area contributed by atoms with Crippen LogP contribution in [-0.4, -0.2) is 0 Å². The Morgan fingerprint density at radius 2 is 1.46 bits per heavy atom. The Labute approximate surface area is 110 Å². The van der Waals surface area contributed by atoms with Gasteiger partial charge in [0.05, 0.1) is 0 Å². The molecule has 1 rings (SSSR count). The first-order valence-corrected chi connectivity index (χ1v) is 6.64. The molecule has 3 heteroatoms. The first-order chi connectivity index (χ1) is 5.82. The van der Waals surface area contributed by atoms with Crippen molar-refractivity contribution in [2.45, 2.75) is 26.2 Å². The maximum absolute atomic E-state index is 3.55. The lowest BCUT2D eigenvalue weighted by molar-refractivity contribution is 0.589. The Hall–Kier alpha value is 0.910. The van der Waals surface area contributed by atoms with Gasteiger partial charge in [0, 0.05) is 12.5 Å². The highest BCUT2D eigenvalue weighted by molar-refractivity contribution is 14.1. The predicted octanol–water partition coefficient (Wildman–Crippen LogP) is 5.11. The van der Waals surface area contributed by atoms with Crippen LogP contribution in [0.15, 0.2) is 21.1 Å². The Bertz CT molecular complexity index is 303. The Balaban J connectivity index is 3.29. The van der Waals surface area contributed by atoms with Crippen molar-refractivity contribution in [1.82, 2.24) is 0 Å². The summed E-state index contributed by atoms with van der Waals surface area (Å²) in [5.41, 5.74) is 1.54. The van der Waals surface area contributed by atoms with Crippen LogP contribution in [0, 0.1) is 3.57 Å². The second kappa shape index (κ2) is 4.19. The molecule has 0 nitrogen and oxygen atoms in total. The van der Waals surface area contributed by atoms with Gasteiger partial charge in [0.15, 0.2) is 0 Å². The molecular formula is C10H11Br2I. The second-order valence-electron chi connectivity index (χ2n) is 4.00. The molecule has 0 aliphatic heterocycles. The van der Waals surface area contributed by atoms with Crippen LogP contribution in [-0.2, 0) is 5.41 Å². The molecule has 0 radical (unpaired) electrons. The van der Waals surface area contributed by atoms with Gasteiger partial charge in [-0.15, -0.1) is 0 Å². The third-order valence-corrected chi connectivity index (χ3v) is 5.75. The van der Waals surface area contributed by atoms with Gasteiger partial charge in [-0.25, -0.2) is 0 Å². The van der Waals surface area contributed by atoms with E-state index < -0.39 is 0 Å². The van der Waals surface area contributed by atoms with E-state index in [1.807, 2.05) is 0 Å². The van der Waals surface area contributed by atoms with Gasteiger partial charge in [-0.05, 0) is 77.6 Å². The van der Waals surface area contributed by atoms with Gasteiger partial charge < -0.3 is 0 Å². The monoisotopic (exact) mass is 416 g/mol. The molecule has 1 aromatic rings. The lowest BCUT2D eigenvalue weighted by atomic mass is 9.87. The van der Waals surface area contributed by atoms with Crippen LogP contribution in [0.2, 0.25) is 0 Å². The van der Waals surface area contributed by atoms with Gasteiger partial charge in [-0.3, -0.25) is 0 Å². The standard InChI is InChI=1S/C10H11Br2I/c1-10(2,3)6-4-7(11)9(13)8(12)5-6/h4-5H,1-3H3. The molecule has 0 heterocycles. The first kappa shape index (κ1) is 12.0. The predicted molar refractivity (Wildman–Crippen MR) is 73.3 cm³/mol. The molecule has 0 atom stereocenters. The number of halogens is 3. The molecule has 0 amide bonds. The molecule has 0 aliphatic rings. The van der Waals surface area contributed by atoms with Gasteiger partial charge in [-0.2, -0.15) is 0 Å². The highest BCUT2D eigenvalue weighted by atomic mass is 127. The van der Waals surface area contributed by atoms with Gasteiger partial charge in [0.1, 0.15) is 0 Å². The zero-order valence-corrected chi connectivity index (χ0v) is 13.1. The van der Waals surface area contributed by atoms with E-state index in [1.54, 1.807) is 0 Å². The van der Waals surface area contributed by atoms with Gasteiger partial charge in [0.25, 0.3) is 0 Å². The maximum atomic E-state index is 3.55. The summed E-state index contributed by atoms with van der Waals surface area (Å²) in [4.78, 5) is 0. The van der Waals surface area contributed by atoms with Gasteiger partial charge in [-0.1, -0.05) is 20.8 Å². The van der Waals surface area contributed by atoms with Crippen molar-refractivity contribution in [3.8, 4) is 0 Å². The van der Waals surface area contributed by atoms with Crippen LogP contribution in [0.25, 0.3) is 0 Å². The van der Waals surface area contributed by atoms with E-state index in [-0.39, 0.29) is 5.41 Å². The van der Waals surface area contributed by atoms with Crippen molar-refractivity contribution >= 4 is 54.5 Å². The van der Waals surface area contributed by atoms with Crippen LogP contribution in [0.4, 0.5) is 0 Å². The normalized spacial score (nSPS) is 11.8. The molecule has 0 spiro atoms. The Morgan fingerprint density at radius 1 is 1.08 bits per heavy atom. The van der Waals surface area contributed by atoms with Crippen LogP contribution in [0.1, 0.15) is 26.3 Å². The van der Waals surface area contributed by atoms with Crippen molar-refractivity contribution in [2.75, 3.05) is 0 Å². The number of rotatable bonds is 0. The fourth-order valence-corrected chi connectivity index (χ4v) is 2.49. The van der Waals surface area contributed by atoms with Crippen LogP contribution >= 0.6 is 54.5 Å². The highest BCUT2D eigenvalue weighted by Crippen LogP contribution is 2.33. The zero-order valence-electron chi connectivity index (χ0n) is 7.79. The summed E-state index contributed by atoms with van der Waals surface area (Å²) in [6.45, 7) is 6.65. The molecule has 0 aliphatic carbocycles. The molecule has 0 N–H and O–H groups in total. The average molecular weight is 418 g/mol. The van der Waals surface area contributed by atoms with Crippen LogP contribution in [0.3, 0.4) is 0 Å². The van der Waals surface area contributed by atoms with Crippen molar-refractivity contribution < 1.29 is 0 Å². The fourth-order valence-electron chi connectivity index (χ4n) is 0.989. The van der Waals surface area contributed by atoms with E-state index in [9.17, 15) is 0 Å². The average Bonchev–Trinajstić information content (AvgIpc) is 1.97. The SMILES string of the molecule is CC(C)(C)c1cc(Br)c(I)c(Br)c1. The number of hydrogen-bond donors (Lipinski definition) is 0. The highest BCUT2D eigenvalue weighted by Gasteiger charge is 2.16. The third-order valence-electron chi connectivity index (χ3n) is 1.85. The minimum atomic E-state index is 0.204. The quantitative estimate of drug-likeness (QED) is 0.406. The van der Waals surface area contributed by atoms with Crippen molar-refractivity contribution in [3.05, 3.63) is 30.2 Å². The summed E-state index contributed by atoms with van der Waals surface area (Å²) in [6.07, 6.45) is 0. The number of benzene rings is 1. The summed E-state index contributed by atoms with van der Waals surface area (Å²) < 4.78 is 3.55. The van der Waals surface area contributed by atoms with E-state index in [0.29, 0.717) is 0 Å². The minimum absolute atomic E-state index is 0.204. The lowest BCUT2D eigenvalue weighted by Gasteiger charge is -2.20. The largest absolute Gasteiger partial charge is 0.0561 e. The van der Waals surface area contributed by atoms with E-state index in [4.69, 9.17) is 0 Å². The lowest BCUT2D eigenvalue weighted by Crippen LogP contribution is -2.11. The molecule has 0 fully saturated rings. The van der Waals surface area contributed by atoms with E-state index in [1.165, 1.54) is 9.13 Å². The molecule has 0 aromatic heterocycles. The van der Waals surface area contributed by atoms with Crippen molar-refractivity contribution in [2.24, 2.45) is 0 Å². The van der Waals surface area contributed by atoms with Gasteiger partial charge in [0.2, 0.25) is 0 Å². The Morgan fingerprint density at radius 3 is 1.77 bits per heavy atom. The van der Waals surface area contributed by atoms with Crippen molar-refractivity contribution in [1.29, 1.82) is 0 Å². The summed E-state index contributed by atoms with van der Waals surface area (Å²) >= 11 is 9.42. The fraction of sp³-hybridized carbons (Fsp3) is 0.400. The molecule has 0 saturated carbocycles. The van der Waals surface area contributed by atoms with E-state index in [0.717, 1.165) is 8.95 Å². The zero-order chi connectivity index (χ0) is 10.2. The molecular weight excluding hydrogens is 407 g/mol. The third kappa shape index (κ3) is 2.93. The maximum Gasteiger partial charge on any atom is 0.0414 e. The van der Waals surface area contributed by atoms with E-state index >= 15 is 0 Å². The Kier molecular flexibility index (Phi) is 3.86. The van der Waals surface area contributed by atoms with Crippen LogP contribution < -0.4 is 0 Å². The minimum Gasteiger partial charge on any atom is -0.0561 e. The van der Waals surface area contributed by atoms with Crippen LogP contribution in [0.5, 0.6) is 0 Å². The summed E-state index contributed by atoms with van der Waals surface area (Å²) in [5, 5.41) is 0. The second-order valence-corrected chi connectivity index (χ2v) is 6.79. The summed E-state index contributed by atoms with van der Waals surface area (Å²) in [7, 11) is 0. The molecule has 13 heavy (non-hydrogen) atoms. The van der Waals surface area contributed by atoms with E-state index in [2.05, 4.69) is 87.4 Å². The molecule has 0 unspecified atom stereocenters. The summed E-state index contributed by atoms with van der Waals surface area (Å²) in [6, 6.07) is 4.37. The molecule has 1 aromatic carbocycles. The summed E-state index contributed by atoms with van der Waals surface area (Å²) in [5.74, 6) is 0. The molecule has 0 bridgehead atoms.